The monoisotopic (exact) mass is 298 g/mol. The Morgan fingerprint density at radius 1 is 1.29 bits per heavy atom. The van der Waals surface area contributed by atoms with Crippen LogP contribution in [-0.2, 0) is 6.54 Å². The van der Waals surface area contributed by atoms with E-state index in [4.69, 9.17) is 0 Å². The molecule has 1 aromatic heterocycles. The van der Waals surface area contributed by atoms with Crippen LogP contribution in [0.1, 0.15) is 5.56 Å². The third-order valence-electron chi connectivity index (χ3n) is 2.17. The molecule has 1 heterocycles. The Labute approximate surface area is 104 Å². The van der Waals surface area contributed by atoms with E-state index in [1.54, 1.807) is 6.07 Å². The minimum Gasteiger partial charge on any atom is -0.296 e. The molecule has 4 nitrogen and oxygen atoms in total. The van der Waals surface area contributed by atoms with Gasteiger partial charge in [0.1, 0.15) is 5.82 Å². The Bertz CT molecular complexity index is 643. The highest BCUT2D eigenvalue weighted by atomic mass is 79.9. The maximum atomic E-state index is 13.1. The van der Waals surface area contributed by atoms with E-state index in [9.17, 15) is 14.0 Å². The SMILES string of the molecule is O=c1ccn(Cc2cc(F)cc(Br)c2)c(=O)[nH]1. The Morgan fingerprint density at radius 3 is 2.71 bits per heavy atom. The van der Waals surface area contributed by atoms with E-state index in [0.717, 1.165) is 0 Å². The fourth-order valence-corrected chi connectivity index (χ4v) is 1.98. The number of rotatable bonds is 2. The molecule has 88 valence electrons. The lowest BCUT2D eigenvalue weighted by Gasteiger charge is -2.05. The first-order chi connectivity index (χ1) is 8.04. The third kappa shape index (κ3) is 2.91. The largest absolute Gasteiger partial charge is 0.328 e. The number of aromatic nitrogens is 2. The lowest BCUT2D eigenvalue weighted by molar-refractivity contribution is 0.620. The van der Waals surface area contributed by atoms with Gasteiger partial charge in [0.25, 0.3) is 5.56 Å². The zero-order chi connectivity index (χ0) is 12.4. The molecule has 0 amide bonds. The number of nitrogens with zero attached hydrogens (tertiary/aromatic N) is 1. The smallest absolute Gasteiger partial charge is 0.296 e. The summed E-state index contributed by atoms with van der Waals surface area (Å²) in [6, 6.07) is 5.62. The van der Waals surface area contributed by atoms with Crippen LogP contribution >= 0.6 is 15.9 Å². The summed E-state index contributed by atoms with van der Waals surface area (Å²) >= 11 is 3.17. The topological polar surface area (TPSA) is 54.9 Å². The summed E-state index contributed by atoms with van der Waals surface area (Å²) in [4.78, 5) is 24.4. The molecule has 0 saturated heterocycles. The summed E-state index contributed by atoms with van der Waals surface area (Å²) < 4.78 is 15.0. The first-order valence-corrected chi connectivity index (χ1v) is 5.58. The second-order valence-electron chi connectivity index (χ2n) is 3.52. The van der Waals surface area contributed by atoms with Crippen molar-refractivity contribution in [3.63, 3.8) is 0 Å². The minimum absolute atomic E-state index is 0.200. The highest BCUT2D eigenvalue weighted by Gasteiger charge is 2.02. The fraction of sp³-hybridized carbons (Fsp3) is 0.0909. The molecule has 0 fully saturated rings. The third-order valence-corrected chi connectivity index (χ3v) is 2.63. The molecule has 0 aliphatic rings. The van der Waals surface area contributed by atoms with Crippen LogP contribution in [0, 0.1) is 5.82 Å². The van der Waals surface area contributed by atoms with E-state index >= 15 is 0 Å². The molecule has 0 spiro atoms. The summed E-state index contributed by atoms with van der Waals surface area (Å²) in [6.45, 7) is 0.200. The van der Waals surface area contributed by atoms with Gasteiger partial charge >= 0.3 is 5.69 Å². The molecule has 1 aromatic carbocycles. The van der Waals surface area contributed by atoms with E-state index in [0.29, 0.717) is 10.0 Å². The van der Waals surface area contributed by atoms with Gasteiger partial charge in [0.15, 0.2) is 0 Å². The number of hydrogen-bond donors (Lipinski definition) is 1. The molecular weight excluding hydrogens is 291 g/mol. The van der Waals surface area contributed by atoms with E-state index in [1.807, 2.05) is 0 Å². The van der Waals surface area contributed by atoms with Gasteiger partial charge in [0.05, 0.1) is 6.54 Å². The average Bonchev–Trinajstić information content (AvgIpc) is 2.21. The molecule has 2 rings (SSSR count). The van der Waals surface area contributed by atoms with Crippen LogP contribution in [-0.4, -0.2) is 9.55 Å². The molecular formula is C11H8BrFN2O2. The molecule has 0 aliphatic heterocycles. The standard InChI is InChI=1S/C11H8BrFN2O2/c12-8-3-7(4-9(13)5-8)6-15-2-1-10(16)14-11(15)17/h1-5H,6H2,(H,14,16,17). The molecule has 1 N–H and O–H groups in total. The van der Waals surface area contributed by atoms with Gasteiger partial charge in [0, 0.05) is 16.7 Å². The second kappa shape index (κ2) is 4.67. The van der Waals surface area contributed by atoms with Crippen LogP contribution < -0.4 is 11.2 Å². The average molecular weight is 299 g/mol. The molecule has 0 radical (unpaired) electrons. The summed E-state index contributed by atoms with van der Waals surface area (Å²) in [7, 11) is 0. The lowest BCUT2D eigenvalue weighted by atomic mass is 10.2. The van der Waals surface area contributed by atoms with Gasteiger partial charge in [-0.1, -0.05) is 15.9 Å². The van der Waals surface area contributed by atoms with Crippen molar-refractivity contribution in [2.45, 2.75) is 6.54 Å². The van der Waals surface area contributed by atoms with Gasteiger partial charge in [-0.25, -0.2) is 9.18 Å². The molecule has 0 bridgehead atoms. The van der Waals surface area contributed by atoms with Gasteiger partial charge in [0.2, 0.25) is 0 Å². The summed E-state index contributed by atoms with van der Waals surface area (Å²) in [5, 5.41) is 0. The van der Waals surface area contributed by atoms with Crippen molar-refractivity contribution in [1.29, 1.82) is 0 Å². The molecule has 0 atom stereocenters. The van der Waals surface area contributed by atoms with Crippen LogP contribution in [0.3, 0.4) is 0 Å². The number of nitrogens with one attached hydrogen (secondary N) is 1. The second-order valence-corrected chi connectivity index (χ2v) is 4.43. The summed E-state index contributed by atoms with van der Waals surface area (Å²) in [5.41, 5.74) is -0.337. The molecule has 2 aromatic rings. The van der Waals surface area contributed by atoms with Gasteiger partial charge < -0.3 is 0 Å². The first-order valence-electron chi connectivity index (χ1n) is 4.79. The maximum Gasteiger partial charge on any atom is 0.328 e. The number of hydrogen-bond acceptors (Lipinski definition) is 2. The van der Waals surface area contributed by atoms with Crippen LogP contribution in [0.5, 0.6) is 0 Å². The summed E-state index contributed by atoms with van der Waals surface area (Å²) in [6.07, 6.45) is 1.37. The Balaban J connectivity index is 2.38. The molecule has 0 saturated carbocycles. The van der Waals surface area contributed by atoms with E-state index in [1.165, 1.54) is 29.0 Å². The lowest BCUT2D eigenvalue weighted by Crippen LogP contribution is -2.28. The number of aromatic amines is 1. The Kier molecular flexibility index (Phi) is 3.23. The van der Waals surface area contributed by atoms with Gasteiger partial charge in [-0.2, -0.15) is 0 Å². The highest BCUT2D eigenvalue weighted by Crippen LogP contribution is 2.15. The zero-order valence-corrected chi connectivity index (χ0v) is 10.2. The molecule has 0 aliphatic carbocycles. The van der Waals surface area contributed by atoms with Crippen molar-refractivity contribution < 1.29 is 4.39 Å². The van der Waals surface area contributed by atoms with Crippen LogP contribution in [0.2, 0.25) is 0 Å². The first kappa shape index (κ1) is 11.8. The van der Waals surface area contributed by atoms with Gasteiger partial charge in [-0.05, 0) is 23.8 Å². The van der Waals surface area contributed by atoms with Crippen molar-refractivity contribution in [3.05, 3.63) is 67.2 Å². The molecule has 17 heavy (non-hydrogen) atoms. The normalized spacial score (nSPS) is 10.5. The number of benzene rings is 1. The predicted molar refractivity (Wildman–Crippen MR) is 64.5 cm³/mol. The quantitative estimate of drug-likeness (QED) is 0.913. The van der Waals surface area contributed by atoms with Gasteiger partial charge in [-0.15, -0.1) is 0 Å². The van der Waals surface area contributed by atoms with Crippen molar-refractivity contribution in [2.24, 2.45) is 0 Å². The van der Waals surface area contributed by atoms with Crippen molar-refractivity contribution in [2.75, 3.05) is 0 Å². The minimum atomic E-state index is -0.516. The Morgan fingerprint density at radius 2 is 2.06 bits per heavy atom. The summed E-state index contributed by atoms with van der Waals surface area (Å²) in [5.74, 6) is -0.383. The van der Waals surface area contributed by atoms with E-state index in [2.05, 4.69) is 20.9 Å². The maximum absolute atomic E-state index is 13.1. The zero-order valence-electron chi connectivity index (χ0n) is 8.61. The van der Waals surface area contributed by atoms with Crippen LogP contribution in [0.4, 0.5) is 4.39 Å². The number of H-pyrrole nitrogens is 1. The highest BCUT2D eigenvalue weighted by molar-refractivity contribution is 9.10. The van der Waals surface area contributed by atoms with Gasteiger partial charge in [-0.3, -0.25) is 14.3 Å². The van der Waals surface area contributed by atoms with Crippen molar-refractivity contribution >= 4 is 15.9 Å². The van der Waals surface area contributed by atoms with Crippen molar-refractivity contribution in [1.82, 2.24) is 9.55 Å². The van der Waals surface area contributed by atoms with Crippen LogP contribution in [0.25, 0.3) is 0 Å². The Hall–Kier alpha value is -1.69. The van der Waals surface area contributed by atoms with E-state index in [-0.39, 0.29) is 12.4 Å². The fourth-order valence-electron chi connectivity index (χ4n) is 1.47. The van der Waals surface area contributed by atoms with E-state index < -0.39 is 11.2 Å². The molecule has 0 unspecified atom stereocenters. The predicted octanol–water partition coefficient (Wildman–Crippen LogP) is 1.49. The van der Waals surface area contributed by atoms with Crippen molar-refractivity contribution in [3.8, 4) is 0 Å². The van der Waals surface area contributed by atoms with Crippen LogP contribution in [0.15, 0.2) is 44.5 Å². The number of halogens is 2. The molecule has 6 heteroatoms.